The SMILES string of the molecule is N#CCSCc1c(Cl)cccc1Cl. The van der Waals surface area contributed by atoms with E-state index in [9.17, 15) is 0 Å². The molecule has 0 unspecified atom stereocenters. The Balaban J connectivity index is 2.71. The van der Waals surface area contributed by atoms with Crippen molar-refractivity contribution in [3.63, 3.8) is 0 Å². The van der Waals surface area contributed by atoms with Crippen molar-refractivity contribution in [2.75, 3.05) is 5.75 Å². The minimum atomic E-state index is 0.460. The first-order valence-corrected chi connectivity index (χ1v) is 5.54. The normalized spacial score (nSPS) is 9.62. The molecule has 0 radical (unpaired) electrons. The Labute approximate surface area is 91.6 Å². The summed E-state index contributed by atoms with van der Waals surface area (Å²) in [5.41, 5.74) is 0.908. The molecule has 1 rings (SSSR count). The zero-order chi connectivity index (χ0) is 9.68. The minimum Gasteiger partial charge on any atom is -0.197 e. The monoisotopic (exact) mass is 231 g/mol. The first-order valence-electron chi connectivity index (χ1n) is 3.63. The van der Waals surface area contributed by atoms with Crippen molar-refractivity contribution in [3.8, 4) is 6.07 Å². The fourth-order valence-corrected chi connectivity index (χ4v) is 2.27. The van der Waals surface area contributed by atoms with Crippen LogP contribution in [-0.2, 0) is 5.75 Å². The fourth-order valence-electron chi connectivity index (χ4n) is 0.869. The van der Waals surface area contributed by atoms with Gasteiger partial charge in [-0.15, -0.1) is 11.8 Å². The smallest absolute Gasteiger partial charge is 0.0811 e. The van der Waals surface area contributed by atoms with Crippen molar-refractivity contribution in [1.82, 2.24) is 0 Å². The molecule has 0 saturated carbocycles. The van der Waals surface area contributed by atoms with Gasteiger partial charge in [-0.25, -0.2) is 0 Å². The van der Waals surface area contributed by atoms with Gasteiger partial charge in [-0.05, 0) is 17.7 Å². The number of benzene rings is 1. The summed E-state index contributed by atoms with van der Waals surface area (Å²) in [6, 6.07) is 7.46. The van der Waals surface area contributed by atoms with Crippen LogP contribution in [0.2, 0.25) is 10.0 Å². The van der Waals surface area contributed by atoms with Crippen LogP contribution in [0.3, 0.4) is 0 Å². The number of nitriles is 1. The zero-order valence-corrected chi connectivity index (χ0v) is 9.09. The largest absolute Gasteiger partial charge is 0.197 e. The molecule has 0 bridgehead atoms. The third-order valence-electron chi connectivity index (χ3n) is 1.47. The Bertz CT molecular complexity index is 313. The number of hydrogen-bond donors (Lipinski definition) is 0. The van der Waals surface area contributed by atoms with Gasteiger partial charge in [0.1, 0.15) is 0 Å². The maximum absolute atomic E-state index is 8.35. The van der Waals surface area contributed by atoms with Gasteiger partial charge < -0.3 is 0 Å². The maximum atomic E-state index is 8.35. The van der Waals surface area contributed by atoms with Crippen molar-refractivity contribution in [2.24, 2.45) is 0 Å². The molecular formula is C9H7Cl2NS. The lowest BCUT2D eigenvalue weighted by Gasteiger charge is -2.04. The van der Waals surface area contributed by atoms with Gasteiger partial charge in [-0.2, -0.15) is 5.26 Å². The molecule has 4 heteroatoms. The fraction of sp³-hybridized carbons (Fsp3) is 0.222. The highest BCUT2D eigenvalue weighted by Gasteiger charge is 2.04. The maximum Gasteiger partial charge on any atom is 0.0811 e. The predicted molar refractivity (Wildman–Crippen MR) is 58.2 cm³/mol. The van der Waals surface area contributed by atoms with Crippen molar-refractivity contribution in [2.45, 2.75) is 5.75 Å². The van der Waals surface area contributed by atoms with Crippen LogP contribution in [0.4, 0.5) is 0 Å². The summed E-state index contributed by atoms with van der Waals surface area (Å²) in [6.45, 7) is 0. The molecule has 0 aliphatic rings. The number of thioether (sulfide) groups is 1. The molecule has 68 valence electrons. The molecule has 0 spiro atoms. The second-order valence-corrected chi connectivity index (χ2v) is 4.15. The minimum absolute atomic E-state index is 0.460. The Morgan fingerprint density at radius 2 is 1.92 bits per heavy atom. The first-order chi connectivity index (χ1) is 6.25. The number of halogens is 2. The average Bonchev–Trinajstić information content (AvgIpc) is 2.10. The van der Waals surface area contributed by atoms with Gasteiger partial charge in [0, 0.05) is 15.8 Å². The molecule has 0 heterocycles. The molecule has 1 aromatic rings. The van der Waals surface area contributed by atoms with E-state index in [0.717, 1.165) is 5.56 Å². The summed E-state index contributed by atoms with van der Waals surface area (Å²) >= 11 is 13.4. The molecular weight excluding hydrogens is 225 g/mol. The van der Waals surface area contributed by atoms with Gasteiger partial charge in [0.15, 0.2) is 0 Å². The summed E-state index contributed by atoms with van der Waals surface area (Å²) in [7, 11) is 0. The molecule has 0 aliphatic heterocycles. The summed E-state index contributed by atoms with van der Waals surface area (Å²) < 4.78 is 0. The lowest BCUT2D eigenvalue weighted by atomic mass is 10.2. The third kappa shape index (κ3) is 3.11. The van der Waals surface area contributed by atoms with Gasteiger partial charge in [-0.3, -0.25) is 0 Å². The molecule has 0 fully saturated rings. The molecule has 0 saturated heterocycles. The molecule has 1 nitrogen and oxygen atoms in total. The standard InChI is InChI=1S/C9H7Cl2NS/c10-8-2-1-3-9(11)7(8)6-13-5-4-12/h1-3H,5-6H2. The quantitative estimate of drug-likeness (QED) is 0.741. The van der Waals surface area contributed by atoms with E-state index in [-0.39, 0.29) is 0 Å². The van der Waals surface area contributed by atoms with Gasteiger partial charge in [0.25, 0.3) is 0 Å². The summed E-state index contributed by atoms with van der Waals surface area (Å²) in [5, 5.41) is 9.68. The van der Waals surface area contributed by atoms with E-state index in [1.807, 2.05) is 6.07 Å². The highest BCUT2D eigenvalue weighted by Crippen LogP contribution is 2.27. The van der Waals surface area contributed by atoms with Gasteiger partial charge in [-0.1, -0.05) is 29.3 Å². The van der Waals surface area contributed by atoms with Crippen molar-refractivity contribution in [3.05, 3.63) is 33.8 Å². The van der Waals surface area contributed by atoms with Gasteiger partial charge >= 0.3 is 0 Å². The van der Waals surface area contributed by atoms with Crippen molar-refractivity contribution < 1.29 is 0 Å². The molecule has 13 heavy (non-hydrogen) atoms. The predicted octanol–water partition coefficient (Wildman–Crippen LogP) is 3.75. The van der Waals surface area contributed by atoms with E-state index >= 15 is 0 Å². The lowest BCUT2D eigenvalue weighted by molar-refractivity contribution is 1.41. The van der Waals surface area contributed by atoms with E-state index in [4.69, 9.17) is 28.5 Å². The molecule has 0 aromatic heterocycles. The summed E-state index contributed by atoms with van der Waals surface area (Å²) in [6.07, 6.45) is 0. The van der Waals surface area contributed by atoms with E-state index in [2.05, 4.69) is 6.07 Å². The first kappa shape index (κ1) is 10.7. The van der Waals surface area contributed by atoms with Crippen LogP contribution in [0.5, 0.6) is 0 Å². The van der Waals surface area contributed by atoms with Crippen LogP contribution in [0.1, 0.15) is 5.56 Å². The van der Waals surface area contributed by atoms with Gasteiger partial charge in [0.2, 0.25) is 0 Å². The molecule has 0 N–H and O–H groups in total. The Hall–Kier alpha value is -0.360. The number of nitrogens with zero attached hydrogens (tertiary/aromatic N) is 1. The van der Waals surface area contributed by atoms with Gasteiger partial charge in [0.05, 0.1) is 11.8 Å². The molecule has 0 atom stereocenters. The molecule has 0 amide bonds. The van der Waals surface area contributed by atoms with Crippen molar-refractivity contribution >= 4 is 35.0 Å². The number of hydrogen-bond acceptors (Lipinski definition) is 2. The van der Waals surface area contributed by atoms with Crippen LogP contribution in [0, 0.1) is 11.3 Å². The van der Waals surface area contributed by atoms with E-state index in [1.54, 1.807) is 12.1 Å². The van der Waals surface area contributed by atoms with Crippen LogP contribution < -0.4 is 0 Å². The van der Waals surface area contributed by atoms with Crippen molar-refractivity contribution in [1.29, 1.82) is 5.26 Å². The molecule has 1 aromatic carbocycles. The summed E-state index contributed by atoms with van der Waals surface area (Å²) in [4.78, 5) is 0. The second kappa shape index (κ2) is 5.39. The zero-order valence-electron chi connectivity index (χ0n) is 6.76. The van der Waals surface area contributed by atoms with E-state index < -0.39 is 0 Å². The van der Waals surface area contributed by atoms with Crippen LogP contribution in [0.15, 0.2) is 18.2 Å². The van der Waals surface area contributed by atoms with E-state index in [0.29, 0.717) is 21.6 Å². The lowest BCUT2D eigenvalue weighted by Crippen LogP contribution is -1.85. The van der Waals surface area contributed by atoms with Crippen LogP contribution >= 0.6 is 35.0 Å². The topological polar surface area (TPSA) is 23.8 Å². The molecule has 0 aliphatic carbocycles. The Morgan fingerprint density at radius 1 is 1.31 bits per heavy atom. The highest BCUT2D eigenvalue weighted by atomic mass is 35.5. The Kier molecular flexibility index (Phi) is 4.44. The highest BCUT2D eigenvalue weighted by molar-refractivity contribution is 7.98. The third-order valence-corrected chi connectivity index (χ3v) is 3.01. The Morgan fingerprint density at radius 3 is 2.46 bits per heavy atom. The van der Waals surface area contributed by atoms with E-state index in [1.165, 1.54) is 11.8 Å². The van der Waals surface area contributed by atoms with Crippen LogP contribution in [-0.4, -0.2) is 5.75 Å². The second-order valence-electron chi connectivity index (χ2n) is 2.35. The van der Waals surface area contributed by atoms with Crippen LogP contribution in [0.25, 0.3) is 0 Å². The number of rotatable bonds is 3. The average molecular weight is 232 g/mol. The summed E-state index contributed by atoms with van der Waals surface area (Å²) in [5.74, 6) is 1.15.